The van der Waals surface area contributed by atoms with E-state index in [9.17, 15) is 0 Å². The van der Waals surface area contributed by atoms with Crippen LogP contribution in [-0.2, 0) is 0 Å². The van der Waals surface area contributed by atoms with E-state index >= 15 is 0 Å². The van der Waals surface area contributed by atoms with Gasteiger partial charge in [-0.15, -0.1) is 6.58 Å². The number of hydrogen-bond donors (Lipinski definition) is 0. The van der Waals surface area contributed by atoms with Gasteiger partial charge >= 0.3 is 0 Å². The van der Waals surface area contributed by atoms with E-state index in [0.29, 0.717) is 0 Å². The predicted molar refractivity (Wildman–Crippen MR) is 89.7 cm³/mol. The van der Waals surface area contributed by atoms with E-state index in [1.54, 1.807) is 0 Å². The molecule has 0 nitrogen and oxygen atoms in total. The maximum atomic E-state index is 3.60. The standard InChI is InChI=1S/2C7H10.C6H12/c2*1-2-7-4-3-6(1)5-7;1-3-5-6-4-2/h2*1-2,6-7H,3-5H2;3H,1,4-6H2,2H3. The maximum Gasteiger partial charge on any atom is -0.0228 e. The third-order valence-electron chi connectivity index (χ3n) is 5.10. The van der Waals surface area contributed by atoms with Gasteiger partial charge < -0.3 is 0 Å². The summed E-state index contributed by atoms with van der Waals surface area (Å²) in [7, 11) is 0. The van der Waals surface area contributed by atoms with Gasteiger partial charge in [0.2, 0.25) is 0 Å². The zero-order valence-electron chi connectivity index (χ0n) is 13.3. The fourth-order valence-electron chi connectivity index (χ4n) is 3.78. The van der Waals surface area contributed by atoms with Crippen molar-refractivity contribution >= 4 is 0 Å². The highest BCUT2D eigenvalue weighted by Gasteiger charge is 2.25. The van der Waals surface area contributed by atoms with Crippen molar-refractivity contribution in [3.05, 3.63) is 37.0 Å². The van der Waals surface area contributed by atoms with E-state index < -0.39 is 0 Å². The molecule has 2 saturated carbocycles. The van der Waals surface area contributed by atoms with Crippen LogP contribution in [0.25, 0.3) is 0 Å². The Labute approximate surface area is 126 Å². The van der Waals surface area contributed by atoms with E-state index in [2.05, 4.69) is 37.8 Å². The molecular weight excluding hydrogens is 240 g/mol. The van der Waals surface area contributed by atoms with Gasteiger partial charge in [0.1, 0.15) is 0 Å². The zero-order chi connectivity index (χ0) is 14.2. The van der Waals surface area contributed by atoms with Crippen molar-refractivity contribution in [3.8, 4) is 0 Å². The minimum atomic E-state index is 0.991. The van der Waals surface area contributed by atoms with Crippen LogP contribution in [0.3, 0.4) is 0 Å². The van der Waals surface area contributed by atoms with Crippen molar-refractivity contribution in [2.24, 2.45) is 23.7 Å². The Bertz CT molecular complexity index is 284. The van der Waals surface area contributed by atoms with Crippen molar-refractivity contribution in [1.82, 2.24) is 0 Å². The molecule has 0 aromatic carbocycles. The second-order valence-corrected chi connectivity index (χ2v) is 6.87. The Balaban J connectivity index is 0.000000111. The number of hydrogen-bond acceptors (Lipinski definition) is 0. The molecule has 4 rings (SSSR count). The lowest BCUT2D eigenvalue weighted by molar-refractivity contribution is 0.691. The average molecular weight is 272 g/mol. The molecule has 0 aliphatic heterocycles. The molecule has 4 bridgehead atoms. The van der Waals surface area contributed by atoms with Gasteiger partial charge in [0, 0.05) is 0 Å². The van der Waals surface area contributed by atoms with Gasteiger partial charge in [0.05, 0.1) is 0 Å². The van der Waals surface area contributed by atoms with Gasteiger partial charge in [-0.05, 0) is 68.6 Å². The predicted octanol–water partition coefficient (Wildman–Crippen LogP) is 6.31. The SMILES string of the molecule is C1=CC2CCC1C2.C1=CC2CCC1C2.C=CCCCC. The second-order valence-electron chi connectivity index (χ2n) is 6.87. The highest BCUT2D eigenvalue weighted by Crippen LogP contribution is 2.38. The number of unbranched alkanes of at least 4 members (excludes halogenated alkanes) is 2. The fraction of sp³-hybridized carbons (Fsp3) is 0.700. The van der Waals surface area contributed by atoms with Crippen molar-refractivity contribution in [2.75, 3.05) is 0 Å². The summed E-state index contributed by atoms with van der Waals surface area (Å²) in [6.45, 7) is 5.78. The Hall–Kier alpha value is -0.780. The molecule has 0 heteroatoms. The molecule has 0 aromatic heterocycles. The van der Waals surface area contributed by atoms with Crippen LogP contribution in [-0.4, -0.2) is 0 Å². The second kappa shape index (κ2) is 8.49. The molecule has 4 atom stereocenters. The molecule has 112 valence electrons. The van der Waals surface area contributed by atoms with Crippen molar-refractivity contribution in [2.45, 2.75) is 64.7 Å². The smallest absolute Gasteiger partial charge is 0.0228 e. The summed E-state index contributed by atoms with van der Waals surface area (Å²) in [5, 5.41) is 0. The van der Waals surface area contributed by atoms with Crippen molar-refractivity contribution in [1.29, 1.82) is 0 Å². The number of fused-ring (bicyclic) bond motifs is 4. The zero-order valence-corrected chi connectivity index (χ0v) is 13.3. The first kappa shape index (κ1) is 15.6. The van der Waals surface area contributed by atoms with Crippen molar-refractivity contribution in [3.63, 3.8) is 0 Å². The van der Waals surface area contributed by atoms with Gasteiger partial charge in [0.25, 0.3) is 0 Å². The van der Waals surface area contributed by atoms with Gasteiger partial charge in [-0.1, -0.05) is 50.1 Å². The molecular formula is C20H32. The lowest BCUT2D eigenvalue weighted by atomic mass is 10.1. The molecule has 2 fully saturated rings. The van der Waals surface area contributed by atoms with Gasteiger partial charge in [-0.2, -0.15) is 0 Å². The third-order valence-corrected chi connectivity index (χ3v) is 5.10. The molecule has 4 unspecified atom stereocenters. The summed E-state index contributed by atoms with van der Waals surface area (Å²) in [6, 6.07) is 0. The molecule has 4 aliphatic carbocycles. The van der Waals surface area contributed by atoms with Crippen molar-refractivity contribution < 1.29 is 0 Å². The van der Waals surface area contributed by atoms with Gasteiger partial charge in [0.15, 0.2) is 0 Å². The van der Waals surface area contributed by atoms with Crippen LogP contribution in [0.2, 0.25) is 0 Å². The molecule has 0 radical (unpaired) electrons. The molecule has 0 aromatic rings. The topological polar surface area (TPSA) is 0 Å². The minimum absolute atomic E-state index is 0.991. The highest BCUT2D eigenvalue weighted by atomic mass is 14.3. The molecule has 0 N–H and O–H groups in total. The minimum Gasteiger partial charge on any atom is -0.103 e. The summed E-state index contributed by atoms with van der Waals surface area (Å²) in [5.74, 6) is 3.96. The molecule has 0 spiro atoms. The van der Waals surface area contributed by atoms with Crippen LogP contribution in [0.4, 0.5) is 0 Å². The first-order valence-corrected chi connectivity index (χ1v) is 8.79. The van der Waals surface area contributed by atoms with Crippen LogP contribution < -0.4 is 0 Å². The Kier molecular flexibility index (Phi) is 6.63. The Morgan fingerprint density at radius 2 is 1.25 bits per heavy atom. The average Bonchev–Trinajstić information content (AvgIpc) is 3.28. The van der Waals surface area contributed by atoms with E-state index in [-0.39, 0.29) is 0 Å². The van der Waals surface area contributed by atoms with Gasteiger partial charge in [-0.3, -0.25) is 0 Å². The van der Waals surface area contributed by atoms with E-state index in [0.717, 1.165) is 23.7 Å². The Morgan fingerprint density at radius 3 is 1.35 bits per heavy atom. The van der Waals surface area contributed by atoms with Crippen LogP contribution in [0.5, 0.6) is 0 Å². The van der Waals surface area contributed by atoms with Crippen LogP contribution in [0, 0.1) is 23.7 Å². The highest BCUT2D eigenvalue weighted by molar-refractivity contribution is 5.07. The quantitative estimate of drug-likeness (QED) is 0.417. The molecule has 4 aliphatic rings. The van der Waals surface area contributed by atoms with E-state index in [1.165, 1.54) is 57.8 Å². The van der Waals surface area contributed by atoms with Crippen LogP contribution >= 0.6 is 0 Å². The largest absolute Gasteiger partial charge is 0.103 e. The molecule has 0 heterocycles. The summed E-state index contributed by atoms with van der Waals surface area (Å²) in [6.07, 6.45) is 24.1. The first-order chi connectivity index (χ1) is 9.81. The maximum absolute atomic E-state index is 3.60. The number of rotatable bonds is 3. The first-order valence-electron chi connectivity index (χ1n) is 8.79. The molecule has 20 heavy (non-hydrogen) atoms. The lowest BCUT2D eigenvalue weighted by Gasteiger charge is -1.96. The summed E-state index contributed by atoms with van der Waals surface area (Å²) in [4.78, 5) is 0. The molecule has 0 amide bonds. The van der Waals surface area contributed by atoms with E-state index in [4.69, 9.17) is 0 Å². The van der Waals surface area contributed by atoms with Crippen LogP contribution in [0.1, 0.15) is 64.7 Å². The molecule has 0 saturated heterocycles. The fourth-order valence-corrected chi connectivity index (χ4v) is 3.78. The monoisotopic (exact) mass is 272 g/mol. The van der Waals surface area contributed by atoms with Gasteiger partial charge in [-0.25, -0.2) is 0 Å². The normalized spacial score (nSPS) is 34.5. The van der Waals surface area contributed by atoms with Crippen LogP contribution in [0.15, 0.2) is 37.0 Å². The third kappa shape index (κ3) is 4.96. The summed E-state index contributed by atoms with van der Waals surface area (Å²) in [5.41, 5.74) is 0. The number of allylic oxidation sites excluding steroid dienone is 5. The van der Waals surface area contributed by atoms with E-state index in [1.807, 2.05) is 6.08 Å². The lowest BCUT2D eigenvalue weighted by Crippen LogP contribution is -1.82. The Morgan fingerprint density at radius 1 is 0.850 bits per heavy atom. The summed E-state index contributed by atoms with van der Waals surface area (Å²) < 4.78 is 0. The summed E-state index contributed by atoms with van der Waals surface area (Å²) >= 11 is 0.